The van der Waals surface area contributed by atoms with Crippen molar-refractivity contribution in [1.82, 2.24) is 15.2 Å². The monoisotopic (exact) mass is 394 g/mol. The Morgan fingerprint density at radius 3 is 2.75 bits per heavy atom. The predicted octanol–water partition coefficient (Wildman–Crippen LogP) is 3.51. The smallest absolute Gasteiger partial charge is 0.231 e. The summed E-state index contributed by atoms with van der Waals surface area (Å²) in [6.07, 6.45) is 0. The highest BCUT2D eigenvalue weighted by atomic mass is 32.2. The van der Waals surface area contributed by atoms with Gasteiger partial charge in [-0.1, -0.05) is 11.8 Å². The standard InChI is InChI=1S/C20H18N4O3S/c1-11-15-9-13(5-8-16(15)21-19(11)26)17(25)10-28-20-22-18(23-24-20)12-3-6-14(27-2)7-4-12/h3-9,11H,10H2,1-2H3,(H,21,26)(H,22,23,24)/t11-/m1/s1. The van der Waals surface area contributed by atoms with Crippen molar-refractivity contribution >= 4 is 29.1 Å². The zero-order chi connectivity index (χ0) is 19.7. The minimum Gasteiger partial charge on any atom is -0.497 e. The van der Waals surface area contributed by atoms with E-state index in [1.807, 2.05) is 31.2 Å². The first-order valence-corrected chi connectivity index (χ1v) is 9.71. The summed E-state index contributed by atoms with van der Waals surface area (Å²) in [6, 6.07) is 12.8. The summed E-state index contributed by atoms with van der Waals surface area (Å²) in [7, 11) is 1.62. The van der Waals surface area contributed by atoms with E-state index in [-0.39, 0.29) is 23.4 Å². The molecule has 28 heavy (non-hydrogen) atoms. The lowest BCUT2D eigenvalue weighted by Crippen LogP contribution is -2.08. The summed E-state index contributed by atoms with van der Waals surface area (Å²) in [5, 5.41) is 10.4. The van der Waals surface area contributed by atoms with Gasteiger partial charge in [-0.15, -0.1) is 5.10 Å². The summed E-state index contributed by atoms with van der Waals surface area (Å²) in [5.74, 6) is 1.30. The molecule has 0 radical (unpaired) electrons. The van der Waals surface area contributed by atoms with E-state index in [0.717, 1.165) is 22.6 Å². The minimum atomic E-state index is -0.240. The van der Waals surface area contributed by atoms with E-state index >= 15 is 0 Å². The van der Waals surface area contributed by atoms with Crippen molar-refractivity contribution in [3.05, 3.63) is 53.6 Å². The minimum absolute atomic E-state index is 0.0323. The molecule has 0 bridgehead atoms. The Morgan fingerprint density at radius 1 is 1.21 bits per heavy atom. The maximum Gasteiger partial charge on any atom is 0.231 e. The zero-order valence-electron chi connectivity index (χ0n) is 15.4. The number of nitrogens with one attached hydrogen (secondary N) is 2. The van der Waals surface area contributed by atoms with Crippen LogP contribution in [-0.2, 0) is 4.79 Å². The number of thioether (sulfide) groups is 1. The molecular weight excluding hydrogens is 376 g/mol. The Morgan fingerprint density at radius 2 is 2.00 bits per heavy atom. The van der Waals surface area contributed by atoms with Crippen LogP contribution in [0.15, 0.2) is 47.6 Å². The number of Topliss-reactive ketones (excluding diaryl/α,β-unsaturated/α-hetero) is 1. The first-order valence-electron chi connectivity index (χ1n) is 8.73. The van der Waals surface area contributed by atoms with E-state index in [1.54, 1.807) is 25.3 Å². The third-order valence-corrected chi connectivity index (χ3v) is 5.50. The van der Waals surface area contributed by atoms with Crippen molar-refractivity contribution in [3.8, 4) is 17.1 Å². The molecule has 0 spiro atoms. The fraction of sp³-hybridized carbons (Fsp3) is 0.200. The topological polar surface area (TPSA) is 97.0 Å². The second kappa shape index (κ2) is 7.47. The van der Waals surface area contributed by atoms with Crippen LogP contribution in [0, 0.1) is 0 Å². The largest absolute Gasteiger partial charge is 0.497 e. The number of carbonyl (C=O) groups excluding carboxylic acids is 2. The molecule has 0 saturated carbocycles. The average Bonchev–Trinajstić information content (AvgIpc) is 3.31. The highest BCUT2D eigenvalue weighted by Gasteiger charge is 2.27. The van der Waals surface area contributed by atoms with Crippen molar-refractivity contribution in [2.24, 2.45) is 0 Å². The Bertz CT molecular complexity index is 1050. The number of fused-ring (bicyclic) bond motifs is 1. The number of ketones is 1. The summed E-state index contributed by atoms with van der Waals surface area (Å²) < 4.78 is 5.15. The fourth-order valence-corrected chi connectivity index (χ4v) is 3.69. The number of rotatable bonds is 6. The number of carbonyl (C=O) groups is 2. The van der Waals surface area contributed by atoms with E-state index in [4.69, 9.17) is 4.74 Å². The average molecular weight is 394 g/mol. The fourth-order valence-electron chi connectivity index (χ4n) is 2.99. The molecule has 1 aliphatic heterocycles. The van der Waals surface area contributed by atoms with E-state index in [0.29, 0.717) is 16.5 Å². The quantitative estimate of drug-likeness (QED) is 0.491. The Balaban J connectivity index is 1.42. The lowest BCUT2D eigenvalue weighted by Gasteiger charge is -2.04. The first-order chi connectivity index (χ1) is 13.5. The van der Waals surface area contributed by atoms with Gasteiger partial charge in [0.1, 0.15) is 5.75 Å². The van der Waals surface area contributed by atoms with Crippen LogP contribution in [0.25, 0.3) is 11.4 Å². The molecule has 1 amide bonds. The molecule has 7 nitrogen and oxygen atoms in total. The number of methoxy groups -OCH3 is 1. The summed E-state index contributed by atoms with van der Waals surface area (Å²) in [4.78, 5) is 28.7. The molecule has 2 N–H and O–H groups in total. The van der Waals surface area contributed by atoms with Crippen LogP contribution >= 0.6 is 11.8 Å². The van der Waals surface area contributed by atoms with Crippen LogP contribution in [0.3, 0.4) is 0 Å². The van der Waals surface area contributed by atoms with Crippen LogP contribution in [0.1, 0.15) is 28.8 Å². The second-order valence-corrected chi connectivity index (χ2v) is 7.36. The lowest BCUT2D eigenvalue weighted by molar-refractivity contribution is -0.116. The Labute approximate surface area is 165 Å². The predicted molar refractivity (Wildman–Crippen MR) is 107 cm³/mol. The van der Waals surface area contributed by atoms with Crippen molar-refractivity contribution < 1.29 is 14.3 Å². The van der Waals surface area contributed by atoms with Gasteiger partial charge >= 0.3 is 0 Å². The van der Waals surface area contributed by atoms with Crippen molar-refractivity contribution in [2.45, 2.75) is 18.0 Å². The van der Waals surface area contributed by atoms with E-state index in [1.165, 1.54) is 11.8 Å². The number of anilines is 1. The maximum absolute atomic E-state index is 12.5. The van der Waals surface area contributed by atoms with Crippen LogP contribution in [-0.4, -0.2) is 39.7 Å². The highest BCUT2D eigenvalue weighted by molar-refractivity contribution is 7.99. The molecular formula is C20H18N4O3S. The maximum atomic E-state index is 12.5. The highest BCUT2D eigenvalue weighted by Crippen LogP contribution is 2.33. The molecule has 142 valence electrons. The van der Waals surface area contributed by atoms with Crippen LogP contribution in [0.5, 0.6) is 5.75 Å². The first kappa shape index (κ1) is 18.2. The van der Waals surface area contributed by atoms with Crippen LogP contribution < -0.4 is 10.1 Å². The number of aromatic nitrogens is 3. The van der Waals surface area contributed by atoms with Gasteiger partial charge in [0.2, 0.25) is 11.1 Å². The van der Waals surface area contributed by atoms with Gasteiger partial charge in [-0.2, -0.15) is 0 Å². The molecule has 2 heterocycles. The van der Waals surface area contributed by atoms with Gasteiger partial charge in [-0.05, 0) is 55.0 Å². The van der Waals surface area contributed by atoms with Crippen molar-refractivity contribution in [2.75, 3.05) is 18.2 Å². The van der Waals surface area contributed by atoms with E-state index < -0.39 is 0 Å². The van der Waals surface area contributed by atoms with Gasteiger partial charge in [0.15, 0.2) is 11.6 Å². The number of benzene rings is 2. The molecule has 0 aliphatic carbocycles. The third kappa shape index (κ3) is 3.50. The second-order valence-electron chi connectivity index (χ2n) is 6.42. The molecule has 8 heteroatoms. The van der Waals surface area contributed by atoms with Gasteiger partial charge in [-0.25, -0.2) is 4.98 Å². The molecule has 2 aromatic carbocycles. The van der Waals surface area contributed by atoms with Gasteiger partial charge < -0.3 is 10.1 Å². The van der Waals surface area contributed by atoms with Crippen molar-refractivity contribution in [1.29, 1.82) is 0 Å². The third-order valence-electron chi connectivity index (χ3n) is 4.65. The zero-order valence-corrected chi connectivity index (χ0v) is 16.2. The lowest BCUT2D eigenvalue weighted by atomic mass is 9.99. The number of hydrogen-bond donors (Lipinski definition) is 2. The molecule has 4 rings (SSSR count). The summed E-state index contributed by atoms with van der Waals surface area (Å²) in [5.41, 5.74) is 3.11. The van der Waals surface area contributed by atoms with Gasteiger partial charge in [0.25, 0.3) is 0 Å². The molecule has 0 saturated heterocycles. The van der Waals surface area contributed by atoms with Gasteiger partial charge in [0, 0.05) is 16.8 Å². The molecule has 0 unspecified atom stereocenters. The number of hydrogen-bond acceptors (Lipinski definition) is 6. The van der Waals surface area contributed by atoms with Gasteiger partial charge in [-0.3, -0.25) is 14.7 Å². The summed E-state index contributed by atoms with van der Waals surface area (Å²) >= 11 is 1.27. The number of nitrogens with zero attached hydrogens (tertiary/aromatic N) is 2. The Kier molecular flexibility index (Phi) is 4.87. The number of ether oxygens (including phenoxy) is 1. The summed E-state index contributed by atoms with van der Waals surface area (Å²) in [6.45, 7) is 1.83. The molecule has 0 fully saturated rings. The van der Waals surface area contributed by atoms with Gasteiger partial charge in [0.05, 0.1) is 18.8 Å². The molecule has 1 aromatic heterocycles. The molecule has 1 atom stereocenters. The van der Waals surface area contributed by atoms with Crippen LogP contribution in [0.2, 0.25) is 0 Å². The number of H-pyrrole nitrogens is 1. The normalized spacial score (nSPS) is 15.2. The van der Waals surface area contributed by atoms with E-state index in [2.05, 4.69) is 20.5 Å². The van der Waals surface area contributed by atoms with Crippen LogP contribution in [0.4, 0.5) is 5.69 Å². The molecule has 3 aromatic rings. The Hall–Kier alpha value is -3.13. The SMILES string of the molecule is COc1ccc(-c2nc(SCC(=O)c3ccc4c(c3)[C@@H](C)C(=O)N4)n[nH]2)cc1. The number of amides is 1. The van der Waals surface area contributed by atoms with E-state index in [9.17, 15) is 9.59 Å². The van der Waals surface area contributed by atoms with Crippen molar-refractivity contribution in [3.63, 3.8) is 0 Å². The number of aromatic amines is 1. The molecule has 1 aliphatic rings.